The number of carbonyl (C=O) groups is 2. The molecule has 1 saturated carbocycles. The first kappa shape index (κ1) is 22.5. The fourth-order valence-corrected chi connectivity index (χ4v) is 5.58. The summed E-state index contributed by atoms with van der Waals surface area (Å²) in [5.41, 5.74) is 2.74. The third-order valence-corrected chi connectivity index (χ3v) is 7.17. The van der Waals surface area contributed by atoms with E-state index in [0.717, 1.165) is 61.8 Å². The molecule has 32 heavy (non-hydrogen) atoms. The predicted molar refractivity (Wildman–Crippen MR) is 127 cm³/mol. The Balaban J connectivity index is 1.59. The molecule has 0 radical (unpaired) electrons. The Labute approximate surface area is 191 Å². The summed E-state index contributed by atoms with van der Waals surface area (Å²) in [4.78, 5) is 34.8. The van der Waals surface area contributed by atoms with Gasteiger partial charge in [-0.1, -0.05) is 49.6 Å². The normalized spacial score (nSPS) is 21.9. The number of hydrogen-bond acceptors (Lipinski definition) is 3. The zero-order valence-corrected chi connectivity index (χ0v) is 19.4. The first-order valence-electron chi connectivity index (χ1n) is 12.0. The molecule has 0 bridgehead atoms. The first-order chi connectivity index (χ1) is 15.5. The zero-order chi connectivity index (χ0) is 22.6. The number of nitrogens with zero attached hydrogens (tertiary/aromatic N) is 3. The molecule has 2 aliphatic rings. The van der Waals surface area contributed by atoms with Crippen LogP contribution < -0.4 is 0 Å². The summed E-state index contributed by atoms with van der Waals surface area (Å²) in [7, 11) is 3.66. The average molecular weight is 434 g/mol. The molecule has 5 nitrogen and oxygen atoms in total. The second-order valence-corrected chi connectivity index (χ2v) is 9.80. The summed E-state index contributed by atoms with van der Waals surface area (Å²) in [5, 5.41) is 0. The highest BCUT2D eigenvalue weighted by Gasteiger charge is 2.45. The smallest absolute Gasteiger partial charge is 0.230 e. The maximum atomic E-state index is 13.5. The molecule has 4 rings (SSSR count). The van der Waals surface area contributed by atoms with Crippen LogP contribution in [-0.4, -0.2) is 53.8 Å². The van der Waals surface area contributed by atoms with E-state index >= 15 is 0 Å². The number of likely N-dealkylation sites (tertiary alicyclic amines) is 1. The summed E-state index contributed by atoms with van der Waals surface area (Å²) in [6, 6.07) is 12.4. The Bertz CT molecular complexity index is 937. The highest BCUT2D eigenvalue weighted by Crippen LogP contribution is 2.38. The summed E-state index contributed by atoms with van der Waals surface area (Å²) in [6.45, 7) is 1.30. The standard InChI is InChI=1S/C27H35N3O2/c1-29(2)26(32)27(14-8-16-30(20-27)25(31)22-10-4-3-5-11-22)18-21-9-6-12-23(17-21)24-13-7-15-28-19-24/h6-7,9,12-13,15,17,19,22H,3-5,8,10-11,14,16,18,20H2,1-2H3/t27-/m0/s1. The molecule has 5 heteroatoms. The second-order valence-electron chi connectivity index (χ2n) is 9.80. The minimum Gasteiger partial charge on any atom is -0.348 e. The molecule has 0 spiro atoms. The second kappa shape index (κ2) is 9.85. The van der Waals surface area contributed by atoms with Crippen molar-refractivity contribution < 1.29 is 9.59 Å². The fraction of sp³-hybridized carbons (Fsp3) is 0.519. The van der Waals surface area contributed by atoms with Gasteiger partial charge in [-0.2, -0.15) is 0 Å². The van der Waals surface area contributed by atoms with Crippen molar-refractivity contribution in [2.24, 2.45) is 11.3 Å². The Morgan fingerprint density at radius 3 is 2.56 bits per heavy atom. The molecular formula is C27H35N3O2. The molecule has 2 fully saturated rings. The van der Waals surface area contributed by atoms with Crippen LogP contribution in [0, 0.1) is 11.3 Å². The summed E-state index contributed by atoms with van der Waals surface area (Å²) in [5.74, 6) is 0.540. The molecule has 0 unspecified atom stereocenters. The predicted octanol–water partition coefficient (Wildman–Crippen LogP) is 4.57. The largest absolute Gasteiger partial charge is 0.348 e. The molecule has 1 aromatic heterocycles. The van der Waals surface area contributed by atoms with Crippen molar-refractivity contribution in [2.45, 2.75) is 51.4 Å². The van der Waals surface area contributed by atoms with E-state index in [4.69, 9.17) is 0 Å². The molecule has 1 aliphatic carbocycles. The average Bonchev–Trinajstić information content (AvgIpc) is 2.84. The van der Waals surface area contributed by atoms with Gasteiger partial charge in [0.1, 0.15) is 0 Å². The van der Waals surface area contributed by atoms with E-state index in [0.29, 0.717) is 13.0 Å². The van der Waals surface area contributed by atoms with Gasteiger partial charge in [0.15, 0.2) is 0 Å². The molecule has 2 aromatic rings. The van der Waals surface area contributed by atoms with E-state index in [1.807, 2.05) is 31.3 Å². The van der Waals surface area contributed by atoms with Gasteiger partial charge < -0.3 is 9.80 Å². The summed E-state index contributed by atoms with van der Waals surface area (Å²) in [6.07, 6.45) is 11.5. The number of pyridine rings is 1. The van der Waals surface area contributed by atoms with E-state index in [-0.39, 0.29) is 17.7 Å². The van der Waals surface area contributed by atoms with Gasteiger partial charge in [-0.15, -0.1) is 0 Å². The highest BCUT2D eigenvalue weighted by atomic mass is 16.2. The molecule has 1 aromatic carbocycles. The van der Waals surface area contributed by atoms with Gasteiger partial charge in [-0.05, 0) is 54.9 Å². The third-order valence-electron chi connectivity index (χ3n) is 7.17. The lowest BCUT2D eigenvalue weighted by molar-refractivity contribution is -0.149. The van der Waals surface area contributed by atoms with Crippen molar-refractivity contribution in [2.75, 3.05) is 27.2 Å². The highest BCUT2D eigenvalue weighted by molar-refractivity contribution is 5.85. The minimum atomic E-state index is -0.570. The fourth-order valence-electron chi connectivity index (χ4n) is 5.58. The number of carbonyl (C=O) groups excluding carboxylic acids is 2. The van der Waals surface area contributed by atoms with Crippen molar-refractivity contribution in [1.29, 1.82) is 0 Å². The number of rotatable bonds is 5. The van der Waals surface area contributed by atoms with Crippen molar-refractivity contribution >= 4 is 11.8 Å². The van der Waals surface area contributed by atoms with Gasteiger partial charge >= 0.3 is 0 Å². The molecule has 2 amide bonds. The van der Waals surface area contributed by atoms with Crippen molar-refractivity contribution in [3.8, 4) is 11.1 Å². The van der Waals surface area contributed by atoms with Crippen LogP contribution >= 0.6 is 0 Å². The topological polar surface area (TPSA) is 53.5 Å². The Morgan fingerprint density at radius 1 is 1.06 bits per heavy atom. The molecule has 170 valence electrons. The van der Waals surface area contributed by atoms with Crippen LogP contribution in [0.3, 0.4) is 0 Å². The van der Waals surface area contributed by atoms with E-state index in [1.54, 1.807) is 11.1 Å². The zero-order valence-electron chi connectivity index (χ0n) is 19.4. The van der Waals surface area contributed by atoms with Crippen LogP contribution in [0.25, 0.3) is 11.1 Å². The van der Waals surface area contributed by atoms with Crippen LogP contribution in [0.1, 0.15) is 50.5 Å². The van der Waals surface area contributed by atoms with E-state index in [2.05, 4.69) is 35.3 Å². The number of benzene rings is 1. The lowest BCUT2D eigenvalue weighted by Crippen LogP contribution is -2.55. The number of aromatic nitrogens is 1. The van der Waals surface area contributed by atoms with Gasteiger partial charge in [0.2, 0.25) is 11.8 Å². The molecule has 0 N–H and O–H groups in total. The lowest BCUT2D eigenvalue weighted by atomic mass is 9.73. The van der Waals surface area contributed by atoms with Gasteiger partial charge in [-0.3, -0.25) is 14.6 Å². The van der Waals surface area contributed by atoms with E-state index in [1.165, 1.54) is 6.42 Å². The number of hydrogen-bond donors (Lipinski definition) is 0. The SMILES string of the molecule is CN(C)C(=O)[C@]1(Cc2cccc(-c3cccnc3)c2)CCCN(C(=O)C2CCCCC2)C1. The maximum Gasteiger partial charge on any atom is 0.230 e. The molecular weight excluding hydrogens is 398 g/mol. The van der Waals surface area contributed by atoms with Gasteiger partial charge in [0.05, 0.1) is 5.41 Å². The van der Waals surface area contributed by atoms with Crippen LogP contribution in [-0.2, 0) is 16.0 Å². The Kier molecular flexibility index (Phi) is 6.92. The third kappa shape index (κ3) is 4.87. The van der Waals surface area contributed by atoms with E-state index in [9.17, 15) is 9.59 Å². The Morgan fingerprint density at radius 2 is 1.84 bits per heavy atom. The van der Waals surface area contributed by atoms with Crippen LogP contribution in [0.15, 0.2) is 48.8 Å². The van der Waals surface area contributed by atoms with Gasteiger partial charge in [0.25, 0.3) is 0 Å². The quantitative estimate of drug-likeness (QED) is 0.694. The summed E-state index contributed by atoms with van der Waals surface area (Å²) >= 11 is 0. The van der Waals surface area contributed by atoms with Crippen LogP contribution in [0.4, 0.5) is 0 Å². The number of piperidine rings is 1. The van der Waals surface area contributed by atoms with Crippen molar-refractivity contribution in [1.82, 2.24) is 14.8 Å². The first-order valence-corrected chi connectivity index (χ1v) is 12.0. The monoisotopic (exact) mass is 433 g/mol. The van der Waals surface area contributed by atoms with Crippen LogP contribution in [0.2, 0.25) is 0 Å². The maximum absolute atomic E-state index is 13.5. The number of amides is 2. The van der Waals surface area contributed by atoms with Crippen molar-refractivity contribution in [3.63, 3.8) is 0 Å². The molecule has 2 heterocycles. The van der Waals surface area contributed by atoms with Crippen LogP contribution in [0.5, 0.6) is 0 Å². The molecule has 1 aliphatic heterocycles. The molecule has 1 saturated heterocycles. The van der Waals surface area contributed by atoms with Crippen molar-refractivity contribution in [3.05, 3.63) is 54.4 Å². The Hall–Kier alpha value is -2.69. The summed E-state index contributed by atoms with van der Waals surface area (Å²) < 4.78 is 0. The minimum absolute atomic E-state index is 0.130. The van der Waals surface area contributed by atoms with Gasteiger partial charge in [0, 0.05) is 45.5 Å². The van der Waals surface area contributed by atoms with Gasteiger partial charge in [-0.25, -0.2) is 0 Å². The lowest BCUT2D eigenvalue weighted by Gasteiger charge is -2.44. The van der Waals surface area contributed by atoms with E-state index < -0.39 is 5.41 Å². The molecule has 1 atom stereocenters.